The van der Waals surface area contributed by atoms with Crippen molar-refractivity contribution in [3.63, 3.8) is 0 Å². The average Bonchev–Trinajstić information content (AvgIpc) is 2.35. The lowest BCUT2D eigenvalue weighted by Crippen LogP contribution is -2.34. The third-order valence-corrected chi connectivity index (χ3v) is 2.87. The second kappa shape index (κ2) is 7.95. The SMILES string of the molecule is CCSCC(=O)NCC(C)Oc1cccnc1. The molecule has 1 N–H and O–H groups in total. The fourth-order valence-corrected chi connectivity index (χ4v) is 1.69. The highest BCUT2D eigenvalue weighted by Crippen LogP contribution is 2.08. The zero-order valence-corrected chi connectivity index (χ0v) is 11.0. The highest BCUT2D eigenvalue weighted by molar-refractivity contribution is 7.99. The van der Waals surface area contributed by atoms with Crippen LogP contribution in [0, 0.1) is 0 Å². The van der Waals surface area contributed by atoms with Crippen LogP contribution in [0.4, 0.5) is 0 Å². The third-order valence-electron chi connectivity index (χ3n) is 2.00. The first-order chi connectivity index (χ1) is 8.22. The Morgan fingerprint density at radius 1 is 1.65 bits per heavy atom. The summed E-state index contributed by atoms with van der Waals surface area (Å²) in [6, 6.07) is 3.66. The molecule has 0 saturated carbocycles. The first kappa shape index (κ1) is 13.8. The van der Waals surface area contributed by atoms with Crippen molar-refractivity contribution in [2.24, 2.45) is 0 Å². The van der Waals surface area contributed by atoms with Gasteiger partial charge < -0.3 is 10.1 Å². The first-order valence-electron chi connectivity index (χ1n) is 5.63. The highest BCUT2D eigenvalue weighted by atomic mass is 32.2. The molecule has 1 unspecified atom stereocenters. The van der Waals surface area contributed by atoms with Crippen LogP contribution in [0.3, 0.4) is 0 Å². The Balaban J connectivity index is 2.21. The van der Waals surface area contributed by atoms with Gasteiger partial charge in [0.2, 0.25) is 5.91 Å². The number of amides is 1. The molecule has 0 bridgehead atoms. The van der Waals surface area contributed by atoms with Crippen LogP contribution >= 0.6 is 11.8 Å². The number of aromatic nitrogens is 1. The predicted octanol–water partition coefficient (Wildman–Crippen LogP) is 1.72. The molecule has 5 heteroatoms. The smallest absolute Gasteiger partial charge is 0.230 e. The number of nitrogens with zero attached hydrogens (tertiary/aromatic N) is 1. The molecule has 0 aliphatic heterocycles. The van der Waals surface area contributed by atoms with Crippen molar-refractivity contribution in [3.8, 4) is 5.75 Å². The van der Waals surface area contributed by atoms with Crippen molar-refractivity contribution in [1.82, 2.24) is 10.3 Å². The zero-order chi connectivity index (χ0) is 12.5. The fourth-order valence-electron chi connectivity index (χ4n) is 1.19. The van der Waals surface area contributed by atoms with Crippen LogP contribution < -0.4 is 10.1 Å². The zero-order valence-electron chi connectivity index (χ0n) is 10.2. The van der Waals surface area contributed by atoms with Crippen LogP contribution in [0.1, 0.15) is 13.8 Å². The van der Waals surface area contributed by atoms with Crippen molar-refractivity contribution in [3.05, 3.63) is 24.5 Å². The largest absolute Gasteiger partial charge is 0.487 e. The van der Waals surface area contributed by atoms with Gasteiger partial charge in [-0.3, -0.25) is 9.78 Å². The van der Waals surface area contributed by atoms with Gasteiger partial charge in [0, 0.05) is 6.20 Å². The van der Waals surface area contributed by atoms with Crippen molar-refractivity contribution in [2.45, 2.75) is 20.0 Å². The van der Waals surface area contributed by atoms with Gasteiger partial charge >= 0.3 is 0 Å². The van der Waals surface area contributed by atoms with Crippen LogP contribution in [0.5, 0.6) is 5.75 Å². The molecule has 1 aromatic rings. The summed E-state index contributed by atoms with van der Waals surface area (Å²) >= 11 is 1.61. The quantitative estimate of drug-likeness (QED) is 0.805. The van der Waals surface area contributed by atoms with Crippen LogP contribution in [0.2, 0.25) is 0 Å². The van der Waals surface area contributed by atoms with Gasteiger partial charge in [0.15, 0.2) is 0 Å². The lowest BCUT2D eigenvalue weighted by atomic mass is 10.4. The number of hydrogen-bond donors (Lipinski definition) is 1. The van der Waals surface area contributed by atoms with Gasteiger partial charge in [0.1, 0.15) is 11.9 Å². The molecule has 1 heterocycles. The van der Waals surface area contributed by atoms with E-state index in [1.165, 1.54) is 0 Å². The van der Waals surface area contributed by atoms with Crippen LogP contribution in [-0.4, -0.2) is 35.0 Å². The molecular formula is C12H18N2O2S. The van der Waals surface area contributed by atoms with Gasteiger partial charge in [-0.1, -0.05) is 6.92 Å². The number of thioether (sulfide) groups is 1. The molecular weight excluding hydrogens is 236 g/mol. The molecule has 0 fully saturated rings. The normalized spacial score (nSPS) is 11.9. The first-order valence-corrected chi connectivity index (χ1v) is 6.79. The van der Waals surface area contributed by atoms with E-state index in [-0.39, 0.29) is 12.0 Å². The Morgan fingerprint density at radius 3 is 3.12 bits per heavy atom. The number of carbonyl (C=O) groups excluding carboxylic acids is 1. The number of hydrogen-bond acceptors (Lipinski definition) is 4. The number of rotatable bonds is 7. The van der Waals surface area contributed by atoms with Gasteiger partial charge in [-0.15, -0.1) is 0 Å². The molecule has 0 spiro atoms. The van der Waals surface area contributed by atoms with Crippen molar-refractivity contribution < 1.29 is 9.53 Å². The van der Waals surface area contributed by atoms with E-state index in [2.05, 4.69) is 10.3 Å². The van der Waals surface area contributed by atoms with Crippen molar-refractivity contribution >= 4 is 17.7 Å². The van der Waals surface area contributed by atoms with E-state index >= 15 is 0 Å². The topological polar surface area (TPSA) is 51.2 Å². The van der Waals surface area contributed by atoms with Gasteiger partial charge in [-0.2, -0.15) is 11.8 Å². The van der Waals surface area contributed by atoms with E-state index in [1.54, 1.807) is 24.2 Å². The van der Waals surface area contributed by atoms with Crippen LogP contribution in [0.25, 0.3) is 0 Å². The molecule has 1 aromatic heterocycles. The lowest BCUT2D eigenvalue weighted by molar-refractivity contribution is -0.118. The third kappa shape index (κ3) is 6.16. The summed E-state index contributed by atoms with van der Waals surface area (Å²) in [5.74, 6) is 2.24. The van der Waals surface area contributed by atoms with Crippen LogP contribution in [0.15, 0.2) is 24.5 Å². The molecule has 1 atom stereocenters. The van der Waals surface area contributed by atoms with Crippen LogP contribution in [-0.2, 0) is 4.79 Å². The van der Waals surface area contributed by atoms with E-state index < -0.39 is 0 Å². The molecule has 0 aliphatic rings. The summed E-state index contributed by atoms with van der Waals surface area (Å²) in [4.78, 5) is 15.3. The summed E-state index contributed by atoms with van der Waals surface area (Å²) in [7, 11) is 0. The highest BCUT2D eigenvalue weighted by Gasteiger charge is 2.06. The second-order valence-electron chi connectivity index (χ2n) is 3.56. The molecule has 0 aromatic carbocycles. The Bertz CT molecular complexity index is 333. The molecule has 1 rings (SSSR count). The van der Waals surface area contributed by atoms with Gasteiger partial charge in [0.05, 0.1) is 18.5 Å². The van der Waals surface area contributed by atoms with E-state index in [0.29, 0.717) is 12.3 Å². The molecule has 0 radical (unpaired) electrons. The molecule has 4 nitrogen and oxygen atoms in total. The summed E-state index contributed by atoms with van der Waals surface area (Å²) in [6.45, 7) is 4.46. The summed E-state index contributed by atoms with van der Waals surface area (Å²) in [5.41, 5.74) is 0. The van der Waals surface area contributed by atoms with E-state index in [9.17, 15) is 4.79 Å². The standard InChI is InChI=1S/C12H18N2O2S/c1-3-17-9-12(15)14-7-10(2)16-11-5-4-6-13-8-11/h4-6,8,10H,3,7,9H2,1-2H3,(H,14,15). The van der Waals surface area contributed by atoms with E-state index in [4.69, 9.17) is 4.74 Å². The summed E-state index contributed by atoms with van der Waals surface area (Å²) in [5, 5.41) is 2.83. The number of carbonyl (C=O) groups is 1. The van der Waals surface area contributed by atoms with E-state index in [1.807, 2.05) is 26.0 Å². The minimum absolute atomic E-state index is 0.0542. The monoisotopic (exact) mass is 254 g/mol. The Kier molecular flexibility index (Phi) is 6.47. The van der Waals surface area contributed by atoms with Crippen molar-refractivity contribution in [1.29, 1.82) is 0 Å². The Labute approximate surface area is 106 Å². The lowest BCUT2D eigenvalue weighted by Gasteiger charge is -2.14. The number of nitrogens with one attached hydrogen (secondary N) is 1. The number of ether oxygens (including phenoxy) is 1. The summed E-state index contributed by atoms with van der Waals surface area (Å²) < 4.78 is 5.59. The van der Waals surface area contributed by atoms with Gasteiger partial charge in [-0.25, -0.2) is 0 Å². The molecule has 0 saturated heterocycles. The Hall–Kier alpha value is -1.23. The molecule has 17 heavy (non-hydrogen) atoms. The summed E-state index contributed by atoms with van der Waals surface area (Å²) in [6.07, 6.45) is 3.29. The van der Waals surface area contributed by atoms with Crippen molar-refractivity contribution in [2.75, 3.05) is 18.1 Å². The predicted molar refractivity (Wildman–Crippen MR) is 70.3 cm³/mol. The van der Waals surface area contributed by atoms with Gasteiger partial charge in [-0.05, 0) is 24.8 Å². The minimum Gasteiger partial charge on any atom is -0.487 e. The maximum absolute atomic E-state index is 11.4. The molecule has 94 valence electrons. The maximum Gasteiger partial charge on any atom is 0.230 e. The van der Waals surface area contributed by atoms with E-state index in [0.717, 1.165) is 11.5 Å². The molecule has 0 aliphatic carbocycles. The second-order valence-corrected chi connectivity index (χ2v) is 4.83. The number of pyridine rings is 1. The minimum atomic E-state index is -0.0604. The average molecular weight is 254 g/mol. The molecule has 1 amide bonds. The Morgan fingerprint density at radius 2 is 2.47 bits per heavy atom. The maximum atomic E-state index is 11.4. The van der Waals surface area contributed by atoms with Gasteiger partial charge in [0.25, 0.3) is 0 Å². The fraction of sp³-hybridized carbons (Fsp3) is 0.500.